The number of benzene rings is 2. The lowest BCUT2D eigenvalue weighted by molar-refractivity contribution is 0.0894. The van der Waals surface area contributed by atoms with Crippen LogP contribution in [-0.4, -0.2) is 5.91 Å². The zero-order valence-corrected chi connectivity index (χ0v) is 9.14. The van der Waals surface area contributed by atoms with Crippen molar-refractivity contribution in [1.82, 2.24) is 5.32 Å². The normalized spacial score (nSPS) is 11.8. The third-order valence-corrected chi connectivity index (χ3v) is 2.39. The first-order chi connectivity index (χ1) is 8.27. The van der Waals surface area contributed by atoms with Gasteiger partial charge in [0.25, 0.3) is 5.91 Å². The molecule has 0 heterocycles. The van der Waals surface area contributed by atoms with Gasteiger partial charge in [0.2, 0.25) is 0 Å². The second-order valence-corrected chi connectivity index (χ2v) is 3.61. The third-order valence-electron chi connectivity index (χ3n) is 2.39. The van der Waals surface area contributed by atoms with Crippen molar-refractivity contribution in [2.75, 3.05) is 0 Å². The molecule has 1 N–H and O–H groups in total. The molecule has 1 atom stereocenters. The van der Waals surface area contributed by atoms with Crippen LogP contribution in [0.5, 0.6) is 0 Å². The van der Waals surface area contributed by atoms with Gasteiger partial charge in [0.1, 0.15) is 0 Å². The Bertz CT molecular complexity index is 484. The fourth-order valence-electron chi connectivity index (χ4n) is 1.49. The van der Waals surface area contributed by atoms with E-state index in [0.717, 1.165) is 0 Å². The molecular formula is C14H12FNO. The monoisotopic (exact) mass is 229 g/mol. The van der Waals surface area contributed by atoms with E-state index >= 15 is 0 Å². The van der Waals surface area contributed by atoms with Gasteiger partial charge in [-0.15, -0.1) is 0 Å². The van der Waals surface area contributed by atoms with Gasteiger partial charge in [-0.05, 0) is 12.1 Å². The topological polar surface area (TPSA) is 29.1 Å². The second kappa shape index (κ2) is 5.25. The van der Waals surface area contributed by atoms with Gasteiger partial charge in [0, 0.05) is 11.1 Å². The minimum absolute atomic E-state index is 0.415. The summed E-state index contributed by atoms with van der Waals surface area (Å²) in [5.74, 6) is -0.415. The largest absolute Gasteiger partial charge is 0.319 e. The smallest absolute Gasteiger partial charge is 0.253 e. The molecule has 0 spiro atoms. The van der Waals surface area contributed by atoms with E-state index < -0.39 is 12.2 Å². The van der Waals surface area contributed by atoms with Crippen LogP contribution in [0.25, 0.3) is 0 Å². The lowest BCUT2D eigenvalue weighted by Crippen LogP contribution is -2.25. The van der Waals surface area contributed by atoms with Crippen LogP contribution < -0.4 is 5.32 Å². The molecule has 0 aliphatic heterocycles. The Morgan fingerprint density at radius 2 is 1.47 bits per heavy atom. The van der Waals surface area contributed by atoms with Crippen LogP contribution in [0.2, 0.25) is 0 Å². The Kier molecular flexibility index (Phi) is 3.50. The third kappa shape index (κ3) is 2.91. The molecule has 0 radical (unpaired) electrons. The van der Waals surface area contributed by atoms with Gasteiger partial charge < -0.3 is 5.32 Å². The summed E-state index contributed by atoms with van der Waals surface area (Å²) in [5.41, 5.74) is 0.892. The van der Waals surface area contributed by atoms with Gasteiger partial charge in [-0.1, -0.05) is 48.5 Å². The number of rotatable bonds is 3. The van der Waals surface area contributed by atoms with Crippen molar-refractivity contribution < 1.29 is 9.18 Å². The Morgan fingerprint density at radius 3 is 2.06 bits per heavy atom. The van der Waals surface area contributed by atoms with E-state index in [1.807, 2.05) is 0 Å². The van der Waals surface area contributed by atoms with Crippen molar-refractivity contribution in [3.63, 3.8) is 0 Å². The molecule has 17 heavy (non-hydrogen) atoms. The Hall–Kier alpha value is -2.16. The fourth-order valence-corrected chi connectivity index (χ4v) is 1.49. The lowest BCUT2D eigenvalue weighted by Gasteiger charge is -2.10. The first-order valence-corrected chi connectivity index (χ1v) is 5.32. The minimum Gasteiger partial charge on any atom is -0.319 e. The van der Waals surface area contributed by atoms with Crippen molar-refractivity contribution in [3.05, 3.63) is 71.8 Å². The molecule has 2 nitrogen and oxygen atoms in total. The number of alkyl halides is 1. The summed E-state index contributed by atoms with van der Waals surface area (Å²) in [6, 6.07) is 17.1. The van der Waals surface area contributed by atoms with Crippen molar-refractivity contribution in [2.45, 2.75) is 6.30 Å². The van der Waals surface area contributed by atoms with Crippen LogP contribution in [0.15, 0.2) is 60.7 Å². The van der Waals surface area contributed by atoms with Crippen molar-refractivity contribution >= 4 is 5.91 Å². The molecule has 2 aromatic rings. The molecule has 0 bridgehead atoms. The first kappa shape index (κ1) is 11.3. The summed E-state index contributed by atoms with van der Waals surface area (Å²) in [4.78, 5) is 11.7. The van der Waals surface area contributed by atoms with Gasteiger partial charge in [0.05, 0.1) is 0 Å². The molecular weight excluding hydrogens is 217 g/mol. The summed E-state index contributed by atoms with van der Waals surface area (Å²) >= 11 is 0. The van der Waals surface area contributed by atoms with Gasteiger partial charge in [-0.2, -0.15) is 0 Å². The first-order valence-electron chi connectivity index (χ1n) is 5.32. The van der Waals surface area contributed by atoms with E-state index in [1.54, 1.807) is 60.7 Å². The van der Waals surface area contributed by atoms with Gasteiger partial charge >= 0.3 is 0 Å². The number of nitrogens with one attached hydrogen (secondary N) is 1. The highest BCUT2D eigenvalue weighted by Gasteiger charge is 2.13. The molecule has 0 aliphatic rings. The average molecular weight is 229 g/mol. The van der Waals surface area contributed by atoms with Crippen LogP contribution in [0, 0.1) is 0 Å². The number of amides is 1. The molecule has 2 rings (SSSR count). The SMILES string of the molecule is O=C(NC(F)c1ccccc1)c1ccccc1. The van der Waals surface area contributed by atoms with Crippen LogP contribution in [0.4, 0.5) is 4.39 Å². The van der Waals surface area contributed by atoms with E-state index in [-0.39, 0.29) is 0 Å². The quantitative estimate of drug-likeness (QED) is 0.805. The zero-order valence-electron chi connectivity index (χ0n) is 9.14. The highest BCUT2D eigenvalue weighted by molar-refractivity contribution is 5.94. The molecule has 0 saturated carbocycles. The summed E-state index contributed by atoms with van der Waals surface area (Å²) in [6.45, 7) is 0. The molecule has 2 aromatic carbocycles. The second-order valence-electron chi connectivity index (χ2n) is 3.61. The Balaban J connectivity index is 2.05. The predicted molar refractivity (Wildman–Crippen MR) is 64.2 cm³/mol. The van der Waals surface area contributed by atoms with E-state index in [2.05, 4.69) is 5.32 Å². The van der Waals surface area contributed by atoms with Crippen molar-refractivity contribution in [3.8, 4) is 0 Å². The predicted octanol–water partition coefficient (Wildman–Crippen LogP) is 3.08. The van der Waals surface area contributed by atoms with E-state index in [0.29, 0.717) is 11.1 Å². The van der Waals surface area contributed by atoms with Crippen molar-refractivity contribution in [2.24, 2.45) is 0 Å². The number of hydrogen-bond donors (Lipinski definition) is 1. The maximum absolute atomic E-state index is 13.7. The van der Waals surface area contributed by atoms with E-state index in [1.165, 1.54) is 0 Å². The van der Waals surface area contributed by atoms with Crippen LogP contribution in [0.3, 0.4) is 0 Å². The molecule has 0 aromatic heterocycles. The maximum atomic E-state index is 13.7. The van der Waals surface area contributed by atoms with Crippen molar-refractivity contribution in [1.29, 1.82) is 0 Å². The summed E-state index contributed by atoms with van der Waals surface area (Å²) in [7, 11) is 0. The minimum atomic E-state index is -1.48. The van der Waals surface area contributed by atoms with Crippen LogP contribution in [0.1, 0.15) is 22.2 Å². The average Bonchev–Trinajstić information content (AvgIpc) is 2.40. The number of carbonyl (C=O) groups is 1. The van der Waals surface area contributed by atoms with Gasteiger partial charge in [0.15, 0.2) is 6.30 Å². The molecule has 1 amide bonds. The van der Waals surface area contributed by atoms with E-state index in [9.17, 15) is 9.18 Å². The number of halogens is 1. The fraction of sp³-hybridized carbons (Fsp3) is 0.0714. The summed E-state index contributed by atoms with van der Waals surface area (Å²) in [6.07, 6.45) is -1.48. The van der Waals surface area contributed by atoms with Crippen LogP contribution in [-0.2, 0) is 0 Å². The molecule has 0 aliphatic carbocycles. The molecule has 0 fully saturated rings. The molecule has 1 unspecified atom stereocenters. The van der Waals surface area contributed by atoms with E-state index in [4.69, 9.17) is 0 Å². The standard InChI is InChI=1S/C14H12FNO/c15-13(11-7-3-1-4-8-11)16-14(17)12-9-5-2-6-10-12/h1-10,13H,(H,16,17). The van der Waals surface area contributed by atoms with Gasteiger partial charge in [-0.3, -0.25) is 4.79 Å². The zero-order chi connectivity index (χ0) is 12.1. The molecule has 86 valence electrons. The number of carbonyl (C=O) groups excluding carboxylic acids is 1. The number of hydrogen-bond acceptors (Lipinski definition) is 1. The van der Waals surface area contributed by atoms with Crippen LogP contribution >= 0.6 is 0 Å². The summed E-state index contributed by atoms with van der Waals surface area (Å²) < 4.78 is 13.7. The molecule has 3 heteroatoms. The Morgan fingerprint density at radius 1 is 0.941 bits per heavy atom. The van der Waals surface area contributed by atoms with Gasteiger partial charge in [-0.25, -0.2) is 4.39 Å². The molecule has 0 saturated heterocycles. The highest BCUT2D eigenvalue weighted by atomic mass is 19.1. The lowest BCUT2D eigenvalue weighted by atomic mass is 10.2. The highest BCUT2D eigenvalue weighted by Crippen LogP contribution is 2.14. The Labute approximate surface area is 99.1 Å². The maximum Gasteiger partial charge on any atom is 0.253 e. The summed E-state index contributed by atoms with van der Waals surface area (Å²) in [5, 5.41) is 2.31.